The molecule has 1 heterocycles. The Morgan fingerprint density at radius 3 is 2.63 bits per heavy atom. The predicted octanol–water partition coefficient (Wildman–Crippen LogP) is 1.63. The number of aromatic nitrogens is 2. The van der Waals surface area contributed by atoms with Gasteiger partial charge >= 0.3 is 0 Å². The van der Waals surface area contributed by atoms with E-state index >= 15 is 0 Å². The zero-order valence-corrected chi connectivity index (χ0v) is 10.7. The smallest absolute Gasteiger partial charge is 0.276 e. The maximum Gasteiger partial charge on any atom is 0.276 e. The minimum atomic E-state index is -0.336. The van der Waals surface area contributed by atoms with E-state index in [-0.39, 0.29) is 17.4 Å². The second kappa shape index (κ2) is 5.34. The number of anilines is 2. The van der Waals surface area contributed by atoms with Crippen molar-refractivity contribution in [2.75, 3.05) is 18.2 Å². The molecule has 1 aromatic heterocycles. The molecule has 0 aliphatic heterocycles. The molecular weight excluding hydrogens is 244 g/mol. The van der Waals surface area contributed by atoms with Crippen molar-refractivity contribution in [3.05, 3.63) is 41.6 Å². The Balaban J connectivity index is 2.14. The number of nitrogens with zero attached hydrogens (tertiary/aromatic N) is 2. The molecule has 1 aromatic carbocycles. The van der Waals surface area contributed by atoms with Gasteiger partial charge in [-0.2, -0.15) is 0 Å². The van der Waals surface area contributed by atoms with Crippen LogP contribution in [0.1, 0.15) is 16.1 Å². The van der Waals surface area contributed by atoms with Crippen LogP contribution in [0.15, 0.2) is 30.3 Å². The summed E-state index contributed by atoms with van der Waals surface area (Å²) in [6.07, 6.45) is 0. The first-order chi connectivity index (χ1) is 9.10. The largest absolute Gasteiger partial charge is 0.496 e. The minimum Gasteiger partial charge on any atom is -0.496 e. The minimum absolute atomic E-state index is 0.211. The van der Waals surface area contributed by atoms with Gasteiger partial charge < -0.3 is 15.8 Å². The summed E-state index contributed by atoms with van der Waals surface area (Å²) in [5.74, 6) is 0.708. The lowest BCUT2D eigenvalue weighted by atomic mass is 10.2. The molecule has 3 N–H and O–H groups in total. The van der Waals surface area contributed by atoms with Gasteiger partial charge in [-0.15, -0.1) is 10.2 Å². The van der Waals surface area contributed by atoms with E-state index in [2.05, 4.69) is 15.5 Å². The topological polar surface area (TPSA) is 90.1 Å². The number of amides is 1. The lowest BCUT2D eigenvalue weighted by molar-refractivity contribution is 0.102. The molecule has 0 aliphatic rings. The molecule has 0 bridgehead atoms. The Morgan fingerprint density at radius 1 is 1.26 bits per heavy atom. The van der Waals surface area contributed by atoms with Crippen LogP contribution >= 0.6 is 0 Å². The van der Waals surface area contributed by atoms with E-state index in [4.69, 9.17) is 10.5 Å². The number of nitrogen functional groups attached to an aromatic ring is 1. The zero-order chi connectivity index (χ0) is 13.8. The fraction of sp³-hybridized carbons (Fsp3) is 0.154. The van der Waals surface area contributed by atoms with Crippen molar-refractivity contribution in [1.29, 1.82) is 0 Å². The number of nitrogens with one attached hydrogen (secondary N) is 1. The second-order valence-electron chi connectivity index (χ2n) is 3.98. The Kier molecular flexibility index (Phi) is 3.61. The Labute approximate surface area is 110 Å². The maximum absolute atomic E-state index is 11.9. The van der Waals surface area contributed by atoms with Gasteiger partial charge in [0.2, 0.25) is 0 Å². The molecule has 0 radical (unpaired) electrons. The van der Waals surface area contributed by atoms with E-state index in [0.717, 1.165) is 11.3 Å². The Morgan fingerprint density at radius 2 is 2.05 bits per heavy atom. The number of aryl methyl sites for hydroxylation is 1. The van der Waals surface area contributed by atoms with Crippen LogP contribution in [0.25, 0.3) is 0 Å². The summed E-state index contributed by atoms with van der Waals surface area (Å²) in [5, 5.41) is 10.1. The quantitative estimate of drug-likeness (QED) is 0.873. The highest BCUT2D eigenvalue weighted by Gasteiger charge is 2.09. The van der Waals surface area contributed by atoms with Crippen LogP contribution < -0.4 is 15.8 Å². The summed E-state index contributed by atoms with van der Waals surface area (Å²) in [5.41, 5.74) is 7.23. The highest BCUT2D eigenvalue weighted by Crippen LogP contribution is 2.21. The average Bonchev–Trinajstić information content (AvgIpc) is 2.39. The first-order valence-corrected chi connectivity index (χ1v) is 5.65. The van der Waals surface area contributed by atoms with Gasteiger partial charge in [-0.25, -0.2) is 0 Å². The maximum atomic E-state index is 11.9. The summed E-state index contributed by atoms with van der Waals surface area (Å²) in [6, 6.07) is 8.42. The van der Waals surface area contributed by atoms with Crippen LogP contribution in [-0.4, -0.2) is 23.2 Å². The number of rotatable bonds is 3. The van der Waals surface area contributed by atoms with E-state index in [1.54, 1.807) is 19.2 Å². The lowest BCUT2D eigenvalue weighted by Gasteiger charge is -2.08. The fourth-order valence-corrected chi connectivity index (χ4v) is 1.62. The highest BCUT2D eigenvalue weighted by atomic mass is 16.5. The number of carbonyl (C=O) groups is 1. The molecular formula is C13H14N4O2. The zero-order valence-electron chi connectivity index (χ0n) is 10.7. The average molecular weight is 258 g/mol. The van der Waals surface area contributed by atoms with E-state index in [9.17, 15) is 4.79 Å². The first-order valence-electron chi connectivity index (χ1n) is 5.65. The number of hydrogen-bond donors (Lipinski definition) is 2. The van der Waals surface area contributed by atoms with Gasteiger partial charge in [-0.3, -0.25) is 4.79 Å². The molecule has 0 aliphatic carbocycles. The number of benzene rings is 1. The van der Waals surface area contributed by atoms with Crippen molar-refractivity contribution >= 4 is 17.4 Å². The number of hydrogen-bond acceptors (Lipinski definition) is 5. The lowest BCUT2D eigenvalue weighted by Crippen LogP contribution is -2.14. The van der Waals surface area contributed by atoms with Crippen LogP contribution in [0.2, 0.25) is 0 Å². The molecule has 6 nitrogen and oxygen atoms in total. The van der Waals surface area contributed by atoms with Gasteiger partial charge in [0.15, 0.2) is 5.69 Å². The Hall–Kier alpha value is -2.63. The van der Waals surface area contributed by atoms with Crippen LogP contribution in [0, 0.1) is 6.92 Å². The summed E-state index contributed by atoms with van der Waals surface area (Å²) in [4.78, 5) is 11.9. The van der Waals surface area contributed by atoms with Crippen molar-refractivity contribution in [2.24, 2.45) is 0 Å². The standard InChI is InChI=1S/C13H14N4O2/c1-8-7-9(3-5-11(8)19-2)15-13(18)10-4-6-12(14)17-16-10/h3-7H,1-2H3,(H2,14,17)(H,15,18). The van der Waals surface area contributed by atoms with E-state index in [1.807, 2.05) is 13.0 Å². The van der Waals surface area contributed by atoms with Gasteiger partial charge in [0, 0.05) is 5.69 Å². The van der Waals surface area contributed by atoms with E-state index in [0.29, 0.717) is 5.69 Å². The third-order valence-electron chi connectivity index (χ3n) is 2.57. The molecule has 0 saturated carbocycles. The van der Waals surface area contributed by atoms with Crippen molar-refractivity contribution in [1.82, 2.24) is 10.2 Å². The van der Waals surface area contributed by atoms with Gasteiger partial charge in [0.05, 0.1) is 7.11 Å². The van der Waals surface area contributed by atoms with Crippen molar-refractivity contribution in [3.8, 4) is 5.75 Å². The van der Waals surface area contributed by atoms with E-state index < -0.39 is 0 Å². The molecule has 6 heteroatoms. The van der Waals surface area contributed by atoms with Crippen molar-refractivity contribution in [3.63, 3.8) is 0 Å². The number of carbonyl (C=O) groups excluding carboxylic acids is 1. The third-order valence-corrected chi connectivity index (χ3v) is 2.57. The molecule has 0 atom stereocenters. The monoisotopic (exact) mass is 258 g/mol. The van der Waals surface area contributed by atoms with Crippen LogP contribution in [0.5, 0.6) is 5.75 Å². The molecule has 2 aromatic rings. The number of ether oxygens (including phenoxy) is 1. The molecule has 0 spiro atoms. The van der Waals surface area contributed by atoms with Crippen LogP contribution in [-0.2, 0) is 0 Å². The van der Waals surface area contributed by atoms with E-state index in [1.165, 1.54) is 12.1 Å². The molecule has 0 unspecified atom stereocenters. The summed E-state index contributed by atoms with van der Waals surface area (Å²) in [6.45, 7) is 1.90. The van der Waals surface area contributed by atoms with Crippen molar-refractivity contribution in [2.45, 2.75) is 6.92 Å². The number of methoxy groups -OCH3 is 1. The SMILES string of the molecule is COc1ccc(NC(=O)c2ccc(N)nn2)cc1C. The fourth-order valence-electron chi connectivity index (χ4n) is 1.62. The molecule has 0 fully saturated rings. The summed E-state index contributed by atoms with van der Waals surface area (Å²) < 4.78 is 5.15. The predicted molar refractivity (Wildman–Crippen MR) is 72.1 cm³/mol. The molecule has 19 heavy (non-hydrogen) atoms. The summed E-state index contributed by atoms with van der Waals surface area (Å²) >= 11 is 0. The van der Waals surface area contributed by atoms with Crippen LogP contribution in [0.3, 0.4) is 0 Å². The summed E-state index contributed by atoms with van der Waals surface area (Å²) in [7, 11) is 1.60. The molecule has 2 rings (SSSR count). The van der Waals surface area contributed by atoms with Gasteiger partial charge in [0.25, 0.3) is 5.91 Å². The van der Waals surface area contributed by atoms with Gasteiger partial charge in [-0.1, -0.05) is 0 Å². The molecule has 0 saturated heterocycles. The first kappa shape index (κ1) is 12.8. The van der Waals surface area contributed by atoms with Crippen LogP contribution in [0.4, 0.5) is 11.5 Å². The molecule has 98 valence electrons. The highest BCUT2D eigenvalue weighted by molar-refractivity contribution is 6.02. The van der Waals surface area contributed by atoms with Gasteiger partial charge in [-0.05, 0) is 42.8 Å². The second-order valence-corrected chi connectivity index (χ2v) is 3.98. The normalized spacial score (nSPS) is 10.0. The van der Waals surface area contributed by atoms with Gasteiger partial charge in [0.1, 0.15) is 11.6 Å². The Bertz CT molecular complexity index is 596. The third kappa shape index (κ3) is 2.98. The number of nitrogens with two attached hydrogens (primary N) is 1. The van der Waals surface area contributed by atoms with Crippen molar-refractivity contribution < 1.29 is 9.53 Å². The molecule has 1 amide bonds.